The van der Waals surface area contributed by atoms with E-state index in [1.165, 1.54) is 5.56 Å². The molecule has 0 amide bonds. The van der Waals surface area contributed by atoms with Gasteiger partial charge < -0.3 is 9.64 Å². The van der Waals surface area contributed by atoms with Gasteiger partial charge in [0.25, 0.3) is 0 Å². The molecule has 0 radical (unpaired) electrons. The molecule has 0 aliphatic carbocycles. The predicted molar refractivity (Wildman–Crippen MR) is 119 cm³/mol. The van der Waals surface area contributed by atoms with Crippen LogP contribution in [0.25, 0.3) is 16.8 Å². The summed E-state index contributed by atoms with van der Waals surface area (Å²) in [6.07, 6.45) is 3.75. The van der Waals surface area contributed by atoms with E-state index < -0.39 is 0 Å². The van der Waals surface area contributed by atoms with E-state index in [9.17, 15) is 0 Å². The van der Waals surface area contributed by atoms with Crippen molar-refractivity contribution in [3.8, 4) is 17.0 Å². The number of methoxy groups -OCH3 is 1. The van der Waals surface area contributed by atoms with Crippen LogP contribution >= 0.6 is 0 Å². The van der Waals surface area contributed by atoms with Gasteiger partial charge in [-0.15, -0.1) is 0 Å². The highest BCUT2D eigenvalue weighted by molar-refractivity contribution is 5.75. The second-order valence-corrected chi connectivity index (χ2v) is 7.59. The third-order valence-electron chi connectivity index (χ3n) is 5.68. The number of rotatable bonds is 5. The lowest BCUT2D eigenvalue weighted by Gasteiger charge is -2.35. The first-order valence-corrected chi connectivity index (χ1v) is 10.3. The Kier molecular flexibility index (Phi) is 5.07. The Morgan fingerprint density at radius 2 is 1.70 bits per heavy atom. The summed E-state index contributed by atoms with van der Waals surface area (Å²) < 4.78 is 7.19. The minimum Gasteiger partial charge on any atom is -0.497 e. The molecule has 6 nitrogen and oxygen atoms in total. The number of fused-ring (bicyclic) bond motifs is 1. The largest absolute Gasteiger partial charge is 0.497 e. The summed E-state index contributed by atoms with van der Waals surface area (Å²) in [5, 5.41) is 4.76. The maximum absolute atomic E-state index is 5.26. The summed E-state index contributed by atoms with van der Waals surface area (Å²) in [7, 11) is 1.68. The van der Waals surface area contributed by atoms with Crippen molar-refractivity contribution in [2.45, 2.75) is 6.54 Å². The molecule has 0 bridgehead atoms. The molecule has 2 aromatic heterocycles. The van der Waals surface area contributed by atoms with E-state index in [1.807, 2.05) is 41.2 Å². The zero-order valence-corrected chi connectivity index (χ0v) is 17.1. The molecule has 1 aliphatic rings. The molecule has 152 valence electrons. The summed E-state index contributed by atoms with van der Waals surface area (Å²) in [5.41, 5.74) is 4.42. The molecule has 3 heterocycles. The van der Waals surface area contributed by atoms with Crippen LogP contribution in [0.5, 0.6) is 5.75 Å². The first-order chi connectivity index (χ1) is 14.8. The van der Waals surface area contributed by atoms with Crippen LogP contribution in [0.4, 0.5) is 5.82 Å². The third kappa shape index (κ3) is 3.74. The van der Waals surface area contributed by atoms with Crippen molar-refractivity contribution in [1.29, 1.82) is 0 Å². The van der Waals surface area contributed by atoms with Crippen molar-refractivity contribution in [3.05, 3.63) is 78.6 Å². The summed E-state index contributed by atoms with van der Waals surface area (Å²) >= 11 is 0. The van der Waals surface area contributed by atoms with Crippen LogP contribution in [0.2, 0.25) is 0 Å². The fraction of sp³-hybridized carbons (Fsp3) is 0.250. The second-order valence-electron chi connectivity index (χ2n) is 7.59. The van der Waals surface area contributed by atoms with E-state index >= 15 is 0 Å². The smallest absolute Gasteiger partial charge is 0.154 e. The van der Waals surface area contributed by atoms with Crippen LogP contribution in [0.15, 0.2) is 73.1 Å². The number of hydrogen-bond acceptors (Lipinski definition) is 5. The monoisotopic (exact) mass is 399 g/mol. The van der Waals surface area contributed by atoms with Gasteiger partial charge in [0.15, 0.2) is 5.82 Å². The lowest BCUT2D eigenvalue weighted by atomic mass is 10.1. The van der Waals surface area contributed by atoms with Gasteiger partial charge in [0.05, 0.1) is 12.8 Å². The average Bonchev–Trinajstić information content (AvgIpc) is 3.25. The average molecular weight is 399 g/mol. The summed E-state index contributed by atoms with van der Waals surface area (Å²) in [6.45, 7) is 4.97. The van der Waals surface area contributed by atoms with Crippen molar-refractivity contribution in [1.82, 2.24) is 19.5 Å². The van der Waals surface area contributed by atoms with Gasteiger partial charge in [-0.3, -0.25) is 4.90 Å². The minimum atomic E-state index is 0.846. The van der Waals surface area contributed by atoms with E-state index in [-0.39, 0.29) is 0 Å². The van der Waals surface area contributed by atoms with Crippen LogP contribution in [0, 0.1) is 0 Å². The molecule has 1 aliphatic heterocycles. The highest BCUT2D eigenvalue weighted by Crippen LogP contribution is 2.27. The van der Waals surface area contributed by atoms with Crippen LogP contribution in [-0.4, -0.2) is 52.8 Å². The standard InChI is InChI=1S/C24H25N5O/c1-30-21-9-7-20(8-10-21)22-17-23-24(25-11-12-29(23)26-22)28-15-13-27(14-16-28)18-19-5-3-2-4-6-19/h2-12,17H,13-16,18H2,1H3. The highest BCUT2D eigenvalue weighted by Gasteiger charge is 2.21. The number of ether oxygens (including phenoxy) is 1. The molecule has 2 aromatic carbocycles. The maximum Gasteiger partial charge on any atom is 0.154 e. The van der Waals surface area contributed by atoms with E-state index in [4.69, 9.17) is 14.8 Å². The molecule has 0 unspecified atom stereocenters. The topological polar surface area (TPSA) is 45.9 Å². The Hall–Kier alpha value is -3.38. The van der Waals surface area contributed by atoms with E-state index in [1.54, 1.807) is 7.11 Å². The van der Waals surface area contributed by atoms with Crippen LogP contribution < -0.4 is 9.64 Å². The quantitative estimate of drug-likeness (QED) is 0.512. The Bertz CT molecular complexity index is 1120. The lowest BCUT2D eigenvalue weighted by molar-refractivity contribution is 0.249. The fourth-order valence-corrected chi connectivity index (χ4v) is 4.01. The van der Waals surface area contributed by atoms with Crippen LogP contribution in [-0.2, 0) is 6.54 Å². The molecule has 5 rings (SSSR count). The molecule has 0 spiro atoms. The van der Waals surface area contributed by atoms with Crippen molar-refractivity contribution in [2.24, 2.45) is 0 Å². The Balaban J connectivity index is 1.34. The van der Waals surface area contributed by atoms with Gasteiger partial charge in [-0.2, -0.15) is 5.10 Å². The molecular formula is C24H25N5O. The van der Waals surface area contributed by atoms with E-state index in [0.717, 1.165) is 61.1 Å². The number of anilines is 1. The fourth-order valence-electron chi connectivity index (χ4n) is 4.01. The molecule has 6 heteroatoms. The highest BCUT2D eigenvalue weighted by atomic mass is 16.5. The number of hydrogen-bond donors (Lipinski definition) is 0. The first kappa shape index (κ1) is 18.6. The van der Waals surface area contributed by atoms with E-state index in [2.05, 4.69) is 46.2 Å². The summed E-state index contributed by atoms with van der Waals surface area (Å²) in [5.74, 6) is 1.85. The van der Waals surface area contributed by atoms with Gasteiger partial charge in [-0.1, -0.05) is 30.3 Å². The number of benzene rings is 2. The number of piperazine rings is 1. The minimum absolute atomic E-state index is 0.846. The summed E-state index contributed by atoms with van der Waals surface area (Å²) in [4.78, 5) is 9.58. The number of aromatic nitrogens is 3. The molecular weight excluding hydrogens is 374 g/mol. The zero-order chi connectivity index (χ0) is 20.3. The van der Waals surface area contributed by atoms with Gasteiger partial charge in [0.1, 0.15) is 11.3 Å². The lowest BCUT2D eigenvalue weighted by Crippen LogP contribution is -2.46. The van der Waals surface area contributed by atoms with Crippen molar-refractivity contribution in [2.75, 3.05) is 38.2 Å². The van der Waals surface area contributed by atoms with E-state index in [0.29, 0.717) is 0 Å². The molecule has 0 saturated carbocycles. The summed E-state index contributed by atoms with van der Waals surface area (Å²) in [6, 6.07) is 20.8. The van der Waals surface area contributed by atoms with Gasteiger partial charge in [-0.05, 0) is 35.9 Å². The molecule has 0 N–H and O–H groups in total. The first-order valence-electron chi connectivity index (χ1n) is 10.3. The van der Waals surface area contributed by atoms with Gasteiger partial charge >= 0.3 is 0 Å². The van der Waals surface area contributed by atoms with Crippen molar-refractivity contribution < 1.29 is 4.74 Å². The van der Waals surface area contributed by atoms with Gasteiger partial charge in [0.2, 0.25) is 0 Å². The zero-order valence-electron chi connectivity index (χ0n) is 17.1. The van der Waals surface area contributed by atoms with Gasteiger partial charge in [0, 0.05) is 50.7 Å². The van der Waals surface area contributed by atoms with Crippen molar-refractivity contribution >= 4 is 11.3 Å². The SMILES string of the molecule is COc1ccc(-c2cc3c(N4CCN(Cc5ccccc5)CC4)nccn3n2)cc1. The van der Waals surface area contributed by atoms with Crippen LogP contribution in [0.1, 0.15) is 5.56 Å². The molecule has 1 saturated heterocycles. The maximum atomic E-state index is 5.26. The predicted octanol–water partition coefficient (Wildman–Crippen LogP) is 3.73. The molecule has 0 atom stereocenters. The Labute approximate surface area is 176 Å². The number of nitrogens with zero attached hydrogens (tertiary/aromatic N) is 5. The Morgan fingerprint density at radius 3 is 2.43 bits per heavy atom. The van der Waals surface area contributed by atoms with Gasteiger partial charge in [-0.25, -0.2) is 9.50 Å². The van der Waals surface area contributed by atoms with Crippen LogP contribution in [0.3, 0.4) is 0 Å². The molecule has 1 fully saturated rings. The molecule has 30 heavy (non-hydrogen) atoms. The second kappa shape index (κ2) is 8.16. The normalized spacial score (nSPS) is 14.9. The third-order valence-corrected chi connectivity index (χ3v) is 5.68. The Morgan fingerprint density at radius 1 is 0.933 bits per heavy atom. The van der Waals surface area contributed by atoms with Crippen molar-refractivity contribution in [3.63, 3.8) is 0 Å². The molecule has 4 aromatic rings.